The van der Waals surface area contributed by atoms with Gasteiger partial charge in [0.1, 0.15) is 17.8 Å². The first-order chi connectivity index (χ1) is 16.4. The number of fused-ring (bicyclic) bond motifs is 5. The van der Waals surface area contributed by atoms with Crippen molar-refractivity contribution in [1.29, 1.82) is 0 Å². The maximum absolute atomic E-state index is 15.6. The third kappa shape index (κ3) is 3.43. The van der Waals surface area contributed by atoms with E-state index in [4.69, 9.17) is 0 Å². The molecule has 3 aromatic rings. The zero-order valence-electron chi connectivity index (χ0n) is 19.7. The largest absolute Gasteiger partial charge is 0.357 e. The van der Waals surface area contributed by atoms with Gasteiger partial charge in [0.2, 0.25) is 0 Å². The van der Waals surface area contributed by atoms with Crippen LogP contribution in [0.5, 0.6) is 0 Å². The molecule has 1 N–H and O–H groups in total. The maximum atomic E-state index is 15.6. The van der Waals surface area contributed by atoms with Crippen molar-refractivity contribution in [3.05, 3.63) is 76.5 Å². The lowest BCUT2D eigenvalue weighted by atomic mass is 9.59. The fourth-order valence-electron chi connectivity index (χ4n) is 6.81. The van der Waals surface area contributed by atoms with E-state index in [1.165, 1.54) is 12.1 Å². The van der Waals surface area contributed by atoms with Crippen LogP contribution in [0, 0.1) is 29.4 Å². The van der Waals surface area contributed by atoms with E-state index in [1.54, 1.807) is 12.2 Å². The first kappa shape index (κ1) is 22.0. The number of alkyl halides is 1. The predicted octanol–water partition coefficient (Wildman–Crippen LogP) is 7.20. The molecule has 2 heterocycles. The third-order valence-corrected chi connectivity index (χ3v) is 8.61. The zero-order chi connectivity index (χ0) is 23.6. The van der Waals surface area contributed by atoms with Crippen molar-refractivity contribution in [1.82, 2.24) is 9.88 Å². The number of nitrogens with one attached hydrogen (secondary N) is 1. The summed E-state index contributed by atoms with van der Waals surface area (Å²) in [5, 5.41) is 1.11. The molecule has 2 unspecified atom stereocenters. The molecule has 3 fully saturated rings. The molecule has 0 amide bonds. The van der Waals surface area contributed by atoms with Crippen LogP contribution in [0.15, 0.2) is 42.5 Å². The summed E-state index contributed by atoms with van der Waals surface area (Å²) in [4.78, 5) is 5.75. The molecule has 2 nitrogen and oxygen atoms in total. The smallest absolute Gasteiger partial charge is 0.131 e. The SMILES string of the molecule is C/C=C/c1cc(F)c([C@@H]2c3[nH]c4ccccc4c3C[C@@H](C)N2CC2CC(F)C3CC2C3)c(F)c1. The average Bonchev–Trinajstić information content (AvgIpc) is 3.12. The van der Waals surface area contributed by atoms with E-state index < -0.39 is 23.8 Å². The summed E-state index contributed by atoms with van der Waals surface area (Å²) >= 11 is 0. The van der Waals surface area contributed by atoms with Crippen molar-refractivity contribution in [2.75, 3.05) is 6.54 Å². The van der Waals surface area contributed by atoms with E-state index in [0.29, 0.717) is 24.4 Å². The standard InChI is InChI=1S/C29H31F3N2/c1-3-6-17-10-24(31)27(25(32)11-17)29-28-22(21-7-4-5-8-26(21)33-28)9-16(2)34(29)15-20-14-23(30)19-12-18(20)13-19/h3-8,10-11,16,18-20,23,29,33H,9,12-15H2,1-2H3/b6-3+/t16-,18?,19?,20?,23?,29-/m1/s1. The Bertz CT molecular complexity index is 1230. The predicted molar refractivity (Wildman–Crippen MR) is 130 cm³/mol. The minimum absolute atomic E-state index is 0.0848. The monoisotopic (exact) mass is 464 g/mol. The fraction of sp³-hybridized carbons (Fsp3) is 0.448. The topological polar surface area (TPSA) is 19.0 Å². The van der Waals surface area contributed by atoms with Crippen LogP contribution < -0.4 is 0 Å². The van der Waals surface area contributed by atoms with Gasteiger partial charge in [0.15, 0.2) is 0 Å². The van der Waals surface area contributed by atoms with E-state index in [1.807, 2.05) is 25.1 Å². The second kappa shape index (κ2) is 8.30. The van der Waals surface area contributed by atoms with Crippen molar-refractivity contribution in [3.8, 4) is 0 Å². The number of hydrogen-bond acceptors (Lipinski definition) is 1. The second-order valence-corrected chi connectivity index (χ2v) is 10.6. The molecule has 3 saturated carbocycles. The Morgan fingerprint density at radius 1 is 1.06 bits per heavy atom. The van der Waals surface area contributed by atoms with Crippen molar-refractivity contribution in [2.24, 2.45) is 17.8 Å². The number of halogens is 3. The highest BCUT2D eigenvalue weighted by molar-refractivity contribution is 5.85. The lowest BCUT2D eigenvalue weighted by molar-refractivity contribution is -0.0448. The molecular weight excluding hydrogens is 433 g/mol. The third-order valence-electron chi connectivity index (χ3n) is 8.61. The van der Waals surface area contributed by atoms with Crippen molar-refractivity contribution in [3.63, 3.8) is 0 Å². The summed E-state index contributed by atoms with van der Waals surface area (Å²) in [7, 11) is 0. The first-order valence-corrected chi connectivity index (χ1v) is 12.6. The number of hydrogen-bond donors (Lipinski definition) is 1. The number of benzene rings is 2. The molecular formula is C29H31F3N2. The lowest BCUT2D eigenvalue weighted by Crippen LogP contribution is -2.51. The van der Waals surface area contributed by atoms with E-state index in [-0.39, 0.29) is 23.4 Å². The number of aromatic amines is 1. The van der Waals surface area contributed by atoms with Gasteiger partial charge in [0, 0.05) is 34.7 Å². The second-order valence-electron chi connectivity index (χ2n) is 10.6. The number of aromatic nitrogens is 1. The van der Waals surface area contributed by atoms with Crippen LogP contribution in [0.2, 0.25) is 0 Å². The summed E-state index contributed by atoms with van der Waals surface area (Å²) in [6, 6.07) is 10.4. The molecule has 1 aromatic heterocycles. The van der Waals surface area contributed by atoms with E-state index in [9.17, 15) is 4.39 Å². The summed E-state index contributed by atoms with van der Waals surface area (Å²) < 4.78 is 45.8. The van der Waals surface area contributed by atoms with Gasteiger partial charge in [0.05, 0.1) is 6.04 Å². The van der Waals surface area contributed by atoms with E-state index in [0.717, 1.165) is 41.4 Å². The van der Waals surface area contributed by atoms with Gasteiger partial charge < -0.3 is 4.98 Å². The number of allylic oxidation sites excluding steroid dienone is 1. The molecule has 1 aliphatic heterocycles. The van der Waals surface area contributed by atoms with Gasteiger partial charge in [-0.2, -0.15) is 0 Å². The molecule has 4 aliphatic rings. The average molecular weight is 465 g/mol. The summed E-state index contributed by atoms with van der Waals surface area (Å²) in [5.74, 6) is -0.0785. The Kier molecular flexibility index (Phi) is 5.36. The van der Waals surface area contributed by atoms with Crippen LogP contribution >= 0.6 is 0 Å². The van der Waals surface area contributed by atoms with Gasteiger partial charge in [-0.3, -0.25) is 4.90 Å². The van der Waals surface area contributed by atoms with Crippen LogP contribution in [0.3, 0.4) is 0 Å². The molecule has 178 valence electrons. The molecule has 5 heteroatoms. The summed E-state index contributed by atoms with van der Waals surface area (Å²) in [6.45, 7) is 4.63. The highest BCUT2D eigenvalue weighted by Gasteiger charge is 2.48. The summed E-state index contributed by atoms with van der Waals surface area (Å²) in [5.41, 5.74) is 3.60. The molecule has 0 radical (unpaired) electrons. The lowest BCUT2D eigenvalue weighted by Gasteiger charge is -2.52. The molecule has 0 saturated heterocycles. The van der Waals surface area contributed by atoms with E-state index in [2.05, 4.69) is 22.9 Å². The van der Waals surface area contributed by atoms with Crippen molar-refractivity contribution in [2.45, 2.75) is 57.8 Å². The molecule has 2 aromatic carbocycles. The molecule has 2 bridgehead atoms. The highest BCUT2D eigenvalue weighted by atomic mass is 19.1. The fourth-order valence-corrected chi connectivity index (χ4v) is 6.81. The van der Waals surface area contributed by atoms with Gasteiger partial charge in [-0.1, -0.05) is 30.4 Å². The van der Waals surface area contributed by atoms with Crippen LogP contribution in [-0.2, 0) is 6.42 Å². The van der Waals surface area contributed by atoms with Gasteiger partial charge in [-0.25, -0.2) is 13.2 Å². The Hall–Kier alpha value is -2.53. The van der Waals surface area contributed by atoms with Crippen molar-refractivity contribution >= 4 is 17.0 Å². The molecule has 7 rings (SSSR count). The highest BCUT2D eigenvalue weighted by Crippen LogP contribution is 2.52. The van der Waals surface area contributed by atoms with Gasteiger partial charge in [-0.05, 0) is 86.6 Å². The zero-order valence-corrected chi connectivity index (χ0v) is 19.7. The van der Waals surface area contributed by atoms with Crippen LogP contribution in [0.1, 0.15) is 61.5 Å². The Labute approximate surface area is 198 Å². The summed E-state index contributed by atoms with van der Waals surface area (Å²) in [6.07, 6.45) is 6.02. The van der Waals surface area contributed by atoms with E-state index >= 15 is 8.78 Å². The van der Waals surface area contributed by atoms with Gasteiger partial charge in [-0.15, -0.1) is 0 Å². The Morgan fingerprint density at radius 2 is 1.79 bits per heavy atom. The quantitative estimate of drug-likeness (QED) is 0.433. The van der Waals surface area contributed by atoms with Crippen LogP contribution in [0.25, 0.3) is 17.0 Å². The molecule has 0 spiro atoms. The molecule has 3 aliphatic carbocycles. The minimum Gasteiger partial charge on any atom is -0.357 e. The first-order valence-electron chi connectivity index (χ1n) is 12.6. The van der Waals surface area contributed by atoms with Gasteiger partial charge in [0.25, 0.3) is 0 Å². The van der Waals surface area contributed by atoms with Crippen LogP contribution in [0.4, 0.5) is 13.2 Å². The normalized spacial score (nSPS) is 31.1. The Morgan fingerprint density at radius 3 is 2.50 bits per heavy atom. The van der Waals surface area contributed by atoms with Crippen LogP contribution in [-0.4, -0.2) is 28.6 Å². The number of nitrogens with zero attached hydrogens (tertiary/aromatic N) is 1. The Balaban J connectivity index is 1.48. The maximum Gasteiger partial charge on any atom is 0.131 e. The number of para-hydroxylation sites is 1. The number of rotatable bonds is 4. The van der Waals surface area contributed by atoms with Crippen molar-refractivity contribution < 1.29 is 13.2 Å². The molecule has 34 heavy (non-hydrogen) atoms. The minimum atomic E-state index is -0.745. The molecule has 4 atom stereocenters. The number of H-pyrrole nitrogens is 1. The van der Waals surface area contributed by atoms with Gasteiger partial charge >= 0.3 is 0 Å².